The third-order valence-electron chi connectivity index (χ3n) is 4.66. The number of rotatable bonds is 7. The first-order valence-electron chi connectivity index (χ1n) is 7.73. The SMILES string of the molecule is CCCNC(CO)(CN1CCS(=O)(=O)CC1C)C1CC1. The van der Waals surface area contributed by atoms with Crippen LogP contribution in [0.4, 0.5) is 0 Å². The molecule has 0 aromatic rings. The molecule has 1 saturated carbocycles. The van der Waals surface area contributed by atoms with Gasteiger partial charge in [-0.25, -0.2) is 8.42 Å². The minimum atomic E-state index is -2.87. The molecule has 2 unspecified atom stereocenters. The Hall–Kier alpha value is -0.170. The van der Waals surface area contributed by atoms with Gasteiger partial charge in [-0.3, -0.25) is 4.90 Å². The normalized spacial score (nSPS) is 30.1. The van der Waals surface area contributed by atoms with Gasteiger partial charge in [-0.05, 0) is 38.6 Å². The van der Waals surface area contributed by atoms with Crippen LogP contribution in [0, 0.1) is 5.92 Å². The van der Waals surface area contributed by atoms with E-state index < -0.39 is 9.84 Å². The van der Waals surface area contributed by atoms with E-state index in [2.05, 4.69) is 17.1 Å². The lowest BCUT2D eigenvalue weighted by atomic mass is 9.92. The van der Waals surface area contributed by atoms with Gasteiger partial charge in [-0.1, -0.05) is 6.92 Å². The molecule has 2 fully saturated rings. The number of nitrogens with zero attached hydrogens (tertiary/aromatic N) is 1. The summed E-state index contributed by atoms with van der Waals surface area (Å²) in [4.78, 5) is 2.23. The molecule has 0 aromatic heterocycles. The van der Waals surface area contributed by atoms with E-state index in [9.17, 15) is 13.5 Å². The van der Waals surface area contributed by atoms with Gasteiger partial charge < -0.3 is 10.4 Å². The molecule has 1 aliphatic heterocycles. The van der Waals surface area contributed by atoms with Crippen molar-refractivity contribution in [2.45, 2.75) is 44.7 Å². The zero-order chi connectivity index (χ0) is 14.8. The Balaban J connectivity index is 2.04. The topological polar surface area (TPSA) is 69.6 Å². The zero-order valence-electron chi connectivity index (χ0n) is 12.6. The fourth-order valence-electron chi connectivity index (χ4n) is 3.20. The predicted molar refractivity (Wildman–Crippen MR) is 80.5 cm³/mol. The molecule has 2 atom stereocenters. The van der Waals surface area contributed by atoms with Gasteiger partial charge in [0.2, 0.25) is 0 Å². The van der Waals surface area contributed by atoms with Gasteiger partial charge in [-0.15, -0.1) is 0 Å². The van der Waals surface area contributed by atoms with Crippen molar-refractivity contribution in [3.8, 4) is 0 Å². The minimum absolute atomic E-state index is 0.0434. The van der Waals surface area contributed by atoms with Crippen molar-refractivity contribution in [1.82, 2.24) is 10.2 Å². The summed E-state index contributed by atoms with van der Waals surface area (Å²) >= 11 is 0. The van der Waals surface area contributed by atoms with Crippen molar-refractivity contribution >= 4 is 9.84 Å². The summed E-state index contributed by atoms with van der Waals surface area (Å²) in [6, 6.07) is 0.0434. The number of aliphatic hydroxyl groups is 1. The summed E-state index contributed by atoms with van der Waals surface area (Å²) in [6.07, 6.45) is 3.37. The Bertz CT molecular complexity index is 422. The van der Waals surface area contributed by atoms with Crippen LogP contribution in [0.5, 0.6) is 0 Å². The van der Waals surface area contributed by atoms with Crippen LogP contribution >= 0.6 is 0 Å². The van der Waals surface area contributed by atoms with E-state index in [1.807, 2.05) is 6.92 Å². The van der Waals surface area contributed by atoms with Crippen LogP contribution in [0.1, 0.15) is 33.1 Å². The molecular formula is C14H28N2O3S. The molecule has 2 aliphatic rings. The first kappa shape index (κ1) is 16.2. The summed E-state index contributed by atoms with van der Waals surface area (Å²) in [7, 11) is -2.87. The van der Waals surface area contributed by atoms with Crippen molar-refractivity contribution in [1.29, 1.82) is 0 Å². The van der Waals surface area contributed by atoms with Crippen LogP contribution in [0.15, 0.2) is 0 Å². The van der Waals surface area contributed by atoms with E-state index in [1.54, 1.807) is 0 Å². The van der Waals surface area contributed by atoms with E-state index in [4.69, 9.17) is 0 Å². The summed E-state index contributed by atoms with van der Waals surface area (Å²) in [6.45, 7) is 6.48. The van der Waals surface area contributed by atoms with E-state index >= 15 is 0 Å². The average molecular weight is 304 g/mol. The predicted octanol–water partition coefficient (Wildman–Crippen LogP) is 0.246. The highest BCUT2D eigenvalue weighted by Crippen LogP contribution is 2.40. The van der Waals surface area contributed by atoms with E-state index in [1.165, 1.54) is 0 Å². The van der Waals surface area contributed by atoms with Crippen LogP contribution in [0.25, 0.3) is 0 Å². The number of hydrogen-bond donors (Lipinski definition) is 2. The lowest BCUT2D eigenvalue weighted by molar-refractivity contribution is 0.0784. The highest BCUT2D eigenvalue weighted by atomic mass is 32.2. The Morgan fingerprint density at radius 1 is 1.40 bits per heavy atom. The number of sulfone groups is 1. The quantitative estimate of drug-likeness (QED) is 0.705. The second kappa shape index (κ2) is 6.30. The standard InChI is InChI=1S/C14H28N2O3S/c1-3-6-15-14(11-17,13-4-5-13)10-16-7-8-20(18,19)9-12(16)2/h12-13,15,17H,3-11H2,1-2H3. The fraction of sp³-hybridized carbons (Fsp3) is 1.00. The van der Waals surface area contributed by atoms with E-state index in [-0.39, 0.29) is 29.7 Å². The molecule has 2 N–H and O–H groups in total. The third-order valence-corrected chi connectivity index (χ3v) is 6.46. The molecule has 1 heterocycles. The number of hydrogen-bond acceptors (Lipinski definition) is 5. The maximum Gasteiger partial charge on any atom is 0.153 e. The average Bonchev–Trinajstić information content (AvgIpc) is 3.21. The molecule has 1 aliphatic carbocycles. The van der Waals surface area contributed by atoms with Gasteiger partial charge in [0.05, 0.1) is 23.7 Å². The van der Waals surface area contributed by atoms with Crippen LogP contribution in [-0.4, -0.2) is 67.8 Å². The van der Waals surface area contributed by atoms with Gasteiger partial charge in [0.15, 0.2) is 9.84 Å². The lowest BCUT2D eigenvalue weighted by Crippen LogP contribution is -2.61. The molecule has 6 heteroatoms. The van der Waals surface area contributed by atoms with Crippen LogP contribution in [0.3, 0.4) is 0 Å². The molecule has 0 spiro atoms. The number of nitrogens with one attached hydrogen (secondary N) is 1. The zero-order valence-corrected chi connectivity index (χ0v) is 13.5. The van der Waals surface area contributed by atoms with Gasteiger partial charge in [0, 0.05) is 19.1 Å². The first-order chi connectivity index (χ1) is 9.42. The van der Waals surface area contributed by atoms with Crippen LogP contribution in [0.2, 0.25) is 0 Å². The molecule has 0 radical (unpaired) electrons. The van der Waals surface area contributed by atoms with Crippen molar-refractivity contribution in [3.63, 3.8) is 0 Å². The Morgan fingerprint density at radius 2 is 2.10 bits per heavy atom. The summed E-state index contributed by atoms with van der Waals surface area (Å²) < 4.78 is 23.3. The Labute approximate surface area is 122 Å². The molecule has 0 bridgehead atoms. The molecule has 20 heavy (non-hydrogen) atoms. The van der Waals surface area contributed by atoms with Gasteiger partial charge in [-0.2, -0.15) is 0 Å². The highest BCUT2D eigenvalue weighted by molar-refractivity contribution is 7.91. The molecule has 1 saturated heterocycles. The van der Waals surface area contributed by atoms with Crippen LogP contribution in [-0.2, 0) is 9.84 Å². The highest BCUT2D eigenvalue weighted by Gasteiger charge is 2.46. The Kier molecular flexibility index (Phi) is 5.10. The van der Waals surface area contributed by atoms with Crippen molar-refractivity contribution in [3.05, 3.63) is 0 Å². The minimum Gasteiger partial charge on any atom is -0.394 e. The molecule has 0 amide bonds. The fourth-order valence-corrected chi connectivity index (χ4v) is 4.83. The molecule has 5 nitrogen and oxygen atoms in total. The maximum atomic E-state index is 11.7. The van der Waals surface area contributed by atoms with Gasteiger partial charge in [0.1, 0.15) is 0 Å². The van der Waals surface area contributed by atoms with Gasteiger partial charge >= 0.3 is 0 Å². The molecule has 118 valence electrons. The largest absolute Gasteiger partial charge is 0.394 e. The van der Waals surface area contributed by atoms with Crippen molar-refractivity contribution in [2.75, 3.05) is 37.7 Å². The van der Waals surface area contributed by atoms with Crippen LogP contribution < -0.4 is 5.32 Å². The lowest BCUT2D eigenvalue weighted by Gasteiger charge is -2.42. The van der Waals surface area contributed by atoms with Crippen molar-refractivity contribution < 1.29 is 13.5 Å². The first-order valence-corrected chi connectivity index (χ1v) is 9.55. The van der Waals surface area contributed by atoms with Crippen molar-refractivity contribution in [2.24, 2.45) is 5.92 Å². The van der Waals surface area contributed by atoms with E-state index in [0.717, 1.165) is 32.4 Å². The molecule has 0 aromatic carbocycles. The molecular weight excluding hydrogens is 276 g/mol. The number of aliphatic hydroxyl groups excluding tert-OH is 1. The Morgan fingerprint density at radius 3 is 2.60 bits per heavy atom. The van der Waals surface area contributed by atoms with Gasteiger partial charge in [0.25, 0.3) is 0 Å². The smallest absolute Gasteiger partial charge is 0.153 e. The summed E-state index contributed by atoms with van der Waals surface area (Å²) in [5.74, 6) is 1.02. The third kappa shape index (κ3) is 3.72. The molecule has 2 rings (SSSR count). The maximum absolute atomic E-state index is 11.7. The summed E-state index contributed by atoms with van der Waals surface area (Å²) in [5.41, 5.74) is -0.245. The van der Waals surface area contributed by atoms with E-state index in [0.29, 0.717) is 12.5 Å². The monoisotopic (exact) mass is 304 g/mol. The second-order valence-electron chi connectivity index (χ2n) is 6.45. The summed E-state index contributed by atoms with van der Waals surface area (Å²) in [5, 5.41) is 13.5. The second-order valence-corrected chi connectivity index (χ2v) is 8.68.